The Morgan fingerprint density at radius 1 is 0.980 bits per heavy atom. The normalized spacial score (nSPS) is 23.3. The Morgan fingerprint density at radius 2 is 1.71 bits per heavy atom. The third kappa shape index (κ3) is 8.46. The first-order chi connectivity index (χ1) is 23.7. The summed E-state index contributed by atoms with van der Waals surface area (Å²) in [6, 6.07) is 10.5. The monoisotopic (exact) mass is 671 g/mol. The molecular weight excluding hydrogens is 618 g/mol. The maximum Gasteiger partial charge on any atom is 0.410 e. The summed E-state index contributed by atoms with van der Waals surface area (Å²) in [5, 5.41) is 0. The summed E-state index contributed by atoms with van der Waals surface area (Å²) < 4.78 is 17.1. The molecular formula is C39H53N5O5. The van der Waals surface area contributed by atoms with E-state index in [1.807, 2.05) is 17.0 Å². The topological polar surface area (TPSA) is 101 Å². The fourth-order valence-electron chi connectivity index (χ4n) is 7.65. The Hall–Kier alpha value is -3.92. The van der Waals surface area contributed by atoms with Crippen LogP contribution in [0.5, 0.6) is 5.75 Å². The molecule has 2 aliphatic carbocycles. The molecule has 3 aliphatic rings. The fourth-order valence-corrected chi connectivity index (χ4v) is 7.65. The van der Waals surface area contributed by atoms with Crippen LogP contribution in [0.3, 0.4) is 0 Å². The smallest absolute Gasteiger partial charge is 0.410 e. The van der Waals surface area contributed by atoms with Crippen LogP contribution in [0, 0.1) is 18.8 Å². The lowest BCUT2D eigenvalue weighted by Crippen LogP contribution is -2.48. The number of amides is 2. The van der Waals surface area contributed by atoms with Crippen LogP contribution in [-0.2, 0) is 9.53 Å². The minimum Gasteiger partial charge on any atom is -0.496 e. The Morgan fingerprint density at radius 3 is 2.37 bits per heavy atom. The molecule has 2 amide bonds. The number of nitrogens with zero attached hydrogens (tertiary/aromatic N) is 5. The van der Waals surface area contributed by atoms with Gasteiger partial charge in [0.25, 0.3) is 0 Å². The number of hydrogen-bond donors (Lipinski definition) is 0. The van der Waals surface area contributed by atoms with E-state index in [2.05, 4.69) is 50.9 Å². The molecule has 10 heteroatoms. The van der Waals surface area contributed by atoms with Gasteiger partial charge in [0, 0.05) is 56.3 Å². The molecule has 264 valence electrons. The van der Waals surface area contributed by atoms with E-state index in [1.165, 1.54) is 11.1 Å². The number of hydrogen-bond acceptors (Lipinski definition) is 8. The number of carbonyl (C=O) groups excluding carboxylic acids is 2. The van der Waals surface area contributed by atoms with Gasteiger partial charge < -0.3 is 23.7 Å². The molecule has 0 atom stereocenters. The van der Waals surface area contributed by atoms with E-state index in [1.54, 1.807) is 24.5 Å². The fraction of sp³-hybridized carbons (Fsp3) is 0.590. The number of aryl methyl sites for hydroxylation is 1. The Bertz CT molecular complexity index is 1570. The highest BCUT2D eigenvalue weighted by Crippen LogP contribution is 2.39. The van der Waals surface area contributed by atoms with E-state index >= 15 is 0 Å². The van der Waals surface area contributed by atoms with Crippen molar-refractivity contribution in [3.63, 3.8) is 0 Å². The number of methoxy groups -OCH3 is 1. The molecule has 3 fully saturated rings. The molecule has 0 spiro atoms. The quantitative estimate of drug-likeness (QED) is 0.232. The maximum absolute atomic E-state index is 14.4. The third-order valence-electron chi connectivity index (χ3n) is 10.8. The summed E-state index contributed by atoms with van der Waals surface area (Å²) in [5.41, 5.74) is 4.17. The van der Waals surface area contributed by atoms with Gasteiger partial charge >= 0.3 is 6.09 Å². The number of benzene rings is 1. The van der Waals surface area contributed by atoms with Gasteiger partial charge in [0.2, 0.25) is 5.91 Å². The lowest BCUT2D eigenvalue weighted by atomic mass is 9.78. The van der Waals surface area contributed by atoms with E-state index in [0.29, 0.717) is 68.9 Å². The van der Waals surface area contributed by atoms with Crippen molar-refractivity contribution in [3.8, 4) is 17.0 Å². The standard InChI is InChI=1S/C39H53N5O5/c1-26(2)37-41-34(25-48-37)32-16-17-40-36(23-32)44(24-28-6-8-29(9-7-28)31-12-15-35(47-5)27(3)22-31)38(45)30-10-13-33(14-11-30)49-39(46)43-20-18-42(4)19-21-43/h12,15-17,22-23,25-26,28-30,33H,6-11,13-14,18-21,24H2,1-5H3/t28-,29-,30-,33-. The van der Waals surface area contributed by atoms with Crippen LogP contribution in [0.1, 0.15) is 94.1 Å². The van der Waals surface area contributed by atoms with E-state index in [0.717, 1.165) is 55.8 Å². The number of piperazine rings is 1. The van der Waals surface area contributed by atoms with Crippen LogP contribution in [0.2, 0.25) is 0 Å². The number of likely N-dealkylation sites (N-methyl/N-ethyl adjacent to an activating group) is 1. The second kappa shape index (κ2) is 15.7. The van der Waals surface area contributed by atoms with Crippen LogP contribution in [0.4, 0.5) is 10.6 Å². The second-order valence-electron chi connectivity index (χ2n) is 14.7. The molecule has 49 heavy (non-hydrogen) atoms. The summed E-state index contributed by atoms with van der Waals surface area (Å²) in [6.45, 7) is 9.96. The first-order valence-electron chi connectivity index (χ1n) is 18.2. The molecule has 1 aromatic carbocycles. The molecule has 10 nitrogen and oxygen atoms in total. The molecule has 6 rings (SSSR count). The minimum absolute atomic E-state index is 0.115. The van der Waals surface area contributed by atoms with E-state index in [4.69, 9.17) is 23.9 Å². The van der Waals surface area contributed by atoms with Crippen molar-refractivity contribution in [2.24, 2.45) is 11.8 Å². The molecule has 2 saturated carbocycles. The zero-order chi connectivity index (χ0) is 34.5. The molecule has 3 heterocycles. The highest BCUT2D eigenvalue weighted by molar-refractivity contribution is 5.94. The number of anilines is 1. The van der Waals surface area contributed by atoms with Gasteiger partial charge in [-0.2, -0.15) is 0 Å². The Kier molecular flexibility index (Phi) is 11.2. The SMILES string of the molecule is COc1ccc([C@H]2CC[C@H](CN(c3cc(-c4coc(C(C)C)n4)ccn3)C(=O)[C@H]3CC[C@H](OC(=O)N4CCN(C)CC4)CC3)CC2)cc1C. The zero-order valence-electron chi connectivity index (χ0n) is 29.9. The van der Waals surface area contributed by atoms with Crippen molar-refractivity contribution in [3.05, 3.63) is 59.8 Å². The highest BCUT2D eigenvalue weighted by Gasteiger charge is 2.35. The summed E-state index contributed by atoms with van der Waals surface area (Å²) >= 11 is 0. The van der Waals surface area contributed by atoms with Crippen LogP contribution < -0.4 is 9.64 Å². The second-order valence-corrected chi connectivity index (χ2v) is 14.7. The van der Waals surface area contributed by atoms with Crippen molar-refractivity contribution in [2.45, 2.75) is 90.1 Å². The summed E-state index contributed by atoms with van der Waals surface area (Å²) in [6.07, 6.45) is 10.1. The first-order valence-corrected chi connectivity index (χ1v) is 18.2. The van der Waals surface area contributed by atoms with Crippen molar-refractivity contribution in [1.29, 1.82) is 0 Å². The lowest BCUT2D eigenvalue weighted by molar-refractivity contribution is -0.124. The van der Waals surface area contributed by atoms with Gasteiger partial charge in [0.15, 0.2) is 5.89 Å². The highest BCUT2D eigenvalue weighted by atomic mass is 16.6. The predicted molar refractivity (Wildman–Crippen MR) is 190 cm³/mol. The number of aromatic nitrogens is 2. The van der Waals surface area contributed by atoms with E-state index < -0.39 is 0 Å². The van der Waals surface area contributed by atoms with Crippen LogP contribution >= 0.6 is 0 Å². The van der Waals surface area contributed by atoms with Gasteiger partial charge in [0.1, 0.15) is 29.6 Å². The van der Waals surface area contributed by atoms with Gasteiger partial charge in [-0.15, -0.1) is 0 Å². The summed E-state index contributed by atoms with van der Waals surface area (Å²) in [4.78, 5) is 42.7. The van der Waals surface area contributed by atoms with E-state index in [9.17, 15) is 9.59 Å². The lowest BCUT2D eigenvalue weighted by Gasteiger charge is -2.36. The van der Waals surface area contributed by atoms with Crippen molar-refractivity contribution in [2.75, 3.05) is 51.8 Å². The molecule has 0 N–H and O–H groups in total. The van der Waals surface area contributed by atoms with Gasteiger partial charge in [0.05, 0.1) is 7.11 Å². The average Bonchev–Trinajstić information content (AvgIpc) is 3.63. The summed E-state index contributed by atoms with van der Waals surface area (Å²) in [5.74, 6) is 3.33. The molecule has 0 bridgehead atoms. The minimum atomic E-state index is -0.223. The number of rotatable bonds is 9. The Labute approximate surface area is 291 Å². The number of oxazole rings is 1. The van der Waals surface area contributed by atoms with Crippen LogP contribution in [-0.4, -0.2) is 84.8 Å². The average molecular weight is 672 g/mol. The molecule has 0 radical (unpaired) electrons. The van der Waals surface area contributed by atoms with Crippen molar-refractivity contribution >= 4 is 17.8 Å². The summed E-state index contributed by atoms with van der Waals surface area (Å²) in [7, 11) is 3.79. The van der Waals surface area contributed by atoms with Crippen molar-refractivity contribution < 1.29 is 23.5 Å². The van der Waals surface area contributed by atoms with Gasteiger partial charge in [-0.3, -0.25) is 9.69 Å². The Balaban J connectivity index is 1.14. The van der Waals surface area contributed by atoms with Gasteiger partial charge in [-0.25, -0.2) is 14.8 Å². The number of ether oxygens (including phenoxy) is 2. The predicted octanol–water partition coefficient (Wildman–Crippen LogP) is 7.43. The first kappa shape index (κ1) is 34.9. The van der Waals surface area contributed by atoms with Gasteiger partial charge in [-0.05, 0) is 106 Å². The largest absolute Gasteiger partial charge is 0.496 e. The zero-order valence-corrected chi connectivity index (χ0v) is 29.9. The molecule has 1 aliphatic heterocycles. The van der Waals surface area contributed by atoms with Crippen LogP contribution in [0.15, 0.2) is 47.2 Å². The van der Waals surface area contributed by atoms with E-state index in [-0.39, 0.29) is 29.9 Å². The third-order valence-corrected chi connectivity index (χ3v) is 10.8. The molecule has 3 aromatic rings. The number of pyridine rings is 1. The van der Waals surface area contributed by atoms with Gasteiger partial charge in [-0.1, -0.05) is 26.0 Å². The number of carbonyl (C=O) groups is 2. The molecule has 2 aromatic heterocycles. The molecule has 1 saturated heterocycles. The maximum atomic E-state index is 14.4. The van der Waals surface area contributed by atoms with Crippen molar-refractivity contribution in [1.82, 2.24) is 19.8 Å². The molecule has 0 unspecified atom stereocenters. The van der Waals surface area contributed by atoms with Crippen LogP contribution in [0.25, 0.3) is 11.3 Å².